The van der Waals surface area contributed by atoms with Crippen molar-refractivity contribution in [3.63, 3.8) is 0 Å². The lowest BCUT2D eigenvalue weighted by atomic mass is 9.73. The van der Waals surface area contributed by atoms with Crippen molar-refractivity contribution in [2.24, 2.45) is 16.1 Å². The highest BCUT2D eigenvalue weighted by molar-refractivity contribution is 5.97. The van der Waals surface area contributed by atoms with E-state index in [1.807, 2.05) is 47.4 Å². The molecule has 2 amide bonds. The van der Waals surface area contributed by atoms with E-state index < -0.39 is 0 Å². The number of amides is 2. The van der Waals surface area contributed by atoms with Crippen molar-refractivity contribution >= 4 is 35.0 Å². The van der Waals surface area contributed by atoms with Crippen molar-refractivity contribution in [2.45, 2.75) is 39.0 Å². The highest BCUT2D eigenvalue weighted by atomic mass is 16.6. The van der Waals surface area contributed by atoms with E-state index in [9.17, 15) is 9.59 Å². The molecule has 3 aliphatic heterocycles. The Morgan fingerprint density at radius 1 is 1.12 bits per heavy atom. The van der Waals surface area contributed by atoms with Crippen LogP contribution in [-0.4, -0.2) is 78.6 Å². The van der Waals surface area contributed by atoms with Crippen LogP contribution in [0.2, 0.25) is 0 Å². The van der Waals surface area contributed by atoms with Gasteiger partial charge >= 0.3 is 6.09 Å². The van der Waals surface area contributed by atoms with Crippen LogP contribution in [0.3, 0.4) is 0 Å². The van der Waals surface area contributed by atoms with Gasteiger partial charge in [-0.1, -0.05) is 6.08 Å². The summed E-state index contributed by atoms with van der Waals surface area (Å²) in [5.74, 6) is 0.782. The van der Waals surface area contributed by atoms with Crippen LogP contribution in [-0.2, 0) is 4.74 Å². The van der Waals surface area contributed by atoms with Crippen LogP contribution in [0.1, 0.15) is 54.9 Å². The summed E-state index contributed by atoms with van der Waals surface area (Å²) >= 11 is 0. The summed E-state index contributed by atoms with van der Waals surface area (Å²) in [6.45, 7) is 7.00. The average molecular weight is 546 g/mol. The zero-order valence-corrected chi connectivity index (χ0v) is 23.2. The maximum absolute atomic E-state index is 13.1. The molecule has 0 saturated carbocycles. The molecule has 3 aliphatic rings. The first-order chi connectivity index (χ1) is 19.5. The maximum Gasteiger partial charge on any atom is 0.410 e. The van der Waals surface area contributed by atoms with Gasteiger partial charge in [0.05, 0.1) is 6.61 Å². The number of nitrogens with zero attached hydrogens (tertiary/aromatic N) is 4. The van der Waals surface area contributed by atoms with Crippen molar-refractivity contribution in [2.75, 3.05) is 51.2 Å². The van der Waals surface area contributed by atoms with Crippen LogP contribution in [0.15, 0.2) is 53.7 Å². The molecule has 1 aromatic carbocycles. The molecule has 0 atom stereocenters. The zero-order chi connectivity index (χ0) is 28.0. The van der Waals surface area contributed by atoms with Gasteiger partial charge in [0.15, 0.2) is 11.8 Å². The number of hydrogen-bond donors (Lipinski definition) is 3. The molecule has 4 heterocycles. The first kappa shape index (κ1) is 27.6. The molecule has 5 rings (SSSR count). The molecule has 40 heavy (non-hydrogen) atoms. The molecule has 2 aromatic rings. The fourth-order valence-corrected chi connectivity index (χ4v) is 5.84. The molecular weight excluding hydrogens is 506 g/mol. The molecule has 2 fully saturated rings. The van der Waals surface area contributed by atoms with E-state index in [4.69, 9.17) is 10.5 Å². The quantitative estimate of drug-likeness (QED) is 0.383. The van der Waals surface area contributed by atoms with Gasteiger partial charge in [-0.2, -0.15) is 4.99 Å². The smallest absolute Gasteiger partial charge is 0.410 e. The van der Waals surface area contributed by atoms with Crippen LogP contribution in [0.4, 0.5) is 16.3 Å². The minimum atomic E-state index is -0.301. The van der Waals surface area contributed by atoms with Gasteiger partial charge in [-0.05, 0) is 93.0 Å². The van der Waals surface area contributed by atoms with Gasteiger partial charge in [0.2, 0.25) is 0 Å². The Bertz CT molecular complexity index is 1260. The summed E-state index contributed by atoms with van der Waals surface area (Å²) in [5, 5.41) is 6.64. The Hall–Kier alpha value is -3.92. The van der Waals surface area contributed by atoms with E-state index in [1.54, 1.807) is 18.0 Å². The Labute approximate surface area is 235 Å². The standard InChI is InChI=1S/C30H39N7O3/c1-2-40-29(39)37-17-10-22(11-18-37)25-5-3-16-33-26(25)35-28(31)34-24-8-6-23(7-9-24)27(38)36-19-13-30(14-20-36)12-4-15-32-21-30/h3,5-10,16,32H,2,4,11-15,17-21H2,1H3,(H3,31,33,34,35). The fourth-order valence-electron chi connectivity index (χ4n) is 5.84. The van der Waals surface area contributed by atoms with E-state index in [0.717, 1.165) is 55.8 Å². The minimum Gasteiger partial charge on any atom is -0.450 e. The summed E-state index contributed by atoms with van der Waals surface area (Å²) in [5.41, 5.74) is 9.96. The number of rotatable bonds is 5. The number of nitrogens with two attached hydrogens (primary N) is 1. The van der Waals surface area contributed by atoms with Gasteiger partial charge in [0, 0.05) is 55.7 Å². The number of pyridine rings is 1. The summed E-state index contributed by atoms with van der Waals surface area (Å²) in [6.07, 6.45) is 8.67. The monoisotopic (exact) mass is 545 g/mol. The summed E-state index contributed by atoms with van der Waals surface area (Å²) in [7, 11) is 0. The first-order valence-electron chi connectivity index (χ1n) is 14.2. The predicted molar refractivity (Wildman–Crippen MR) is 156 cm³/mol. The number of piperidine rings is 2. The predicted octanol–water partition coefficient (Wildman–Crippen LogP) is 3.99. The second kappa shape index (κ2) is 12.5. The number of nitrogens with one attached hydrogen (secondary N) is 2. The molecule has 10 heteroatoms. The van der Waals surface area contributed by atoms with Gasteiger partial charge in [-0.15, -0.1) is 0 Å². The second-order valence-electron chi connectivity index (χ2n) is 10.8. The van der Waals surface area contributed by atoms with E-state index in [-0.39, 0.29) is 18.0 Å². The van der Waals surface area contributed by atoms with Crippen molar-refractivity contribution in [1.82, 2.24) is 20.1 Å². The Morgan fingerprint density at radius 3 is 2.60 bits per heavy atom. The number of carbonyl (C=O) groups excluding carboxylic acids is 2. The summed E-state index contributed by atoms with van der Waals surface area (Å²) in [4.78, 5) is 37.8. The number of ether oxygens (including phenoxy) is 1. The van der Waals surface area contributed by atoms with Crippen molar-refractivity contribution in [1.29, 1.82) is 0 Å². The number of benzene rings is 1. The molecule has 212 valence electrons. The normalized spacial score (nSPS) is 19.2. The second-order valence-corrected chi connectivity index (χ2v) is 10.8. The van der Waals surface area contributed by atoms with Crippen molar-refractivity contribution < 1.29 is 14.3 Å². The average Bonchev–Trinajstić information content (AvgIpc) is 2.98. The lowest BCUT2D eigenvalue weighted by Gasteiger charge is -2.44. The minimum absolute atomic E-state index is 0.0761. The van der Waals surface area contributed by atoms with E-state index in [2.05, 4.69) is 20.6 Å². The van der Waals surface area contributed by atoms with Gasteiger partial charge in [0.1, 0.15) is 0 Å². The number of guanidine groups is 1. The number of anilines is 1. The largest absolute Gasteiger partial charge is 0.450 e. The summed E-state index contributed by atoms with van der Waals surface area (Å²) < 4.78 is 5.10. The first-order valence-corrected chi connectivity index (χ1v) is 14.2. The van der Waals surface area contributed by atoms with Crippen LogP contribution in [0.5, 0.6) is 0 Å². The van der Waals surface area contributed by atoms with Crippen LogP contribution < -0.4 is 16.4 Å². The number of likely N-dealkylation sites (tertiary alicyclic amines) is 1. The number of hydrogen-bond acceptors (Lipinski definition) is 6. The number of carbonyl (C=O) groups is 2. The maximum atomic E-state index is 13.1. The zero-order valence-electron chi connectivity index (χ0n) is 23.2. The third-order valence-corrected chi connectivity index (χ3v) is 8.17. The molecule has 2 saturated heterocycles. The third-order valence-electron chi connectivity index (χ3n) is 8.17. The van der Waals surface area contributed by atoms with Crippen LogP contribution in [0.25, 0.3) is 5.57 Å². The van der Waals surface area contributed by atoms with Gasteiger partial charge in [0.25, 0.3) is 5.91 Å². The Balaban J connectivity index is 1.19. The molecule has 1 aromatic heterocycles. The molecule has 10 nitrogen and oxygen atoms in total. The topological polar surface area (TPSA) is 125 Å². The van der Waals surface area contributed by atoms with Crippen molar-refractivity contribution in [3.8, 4) is 0 Å². The molecule has 0 bridgehead atoms. The SMILES string of the molecule is CCOC(=O)N1CC=C(c2cccnc2N=C(N)Nc2ccc(C(=O)N3CCC4(CCCNC4)CC3)cc2)CC1. The highest BCUT2D eigenvalue weighted by Gasteiger charge is 2.36. The third kappa shape index (κ3) is 6.44. The van der Waals surface area contributed by atoms with Crippen molar-refractivity contribution in [3.05, 3.63) is 59.8 Å². The molecule has 0 radical (unpaired) electrons. The molecule has 0 aliphatic carbocycles. The lowest BCUT2D eigenvalue weighted by molar-refractivity contribution is 0.0513. The lowest BCUT2D eigenvalue weighted by Crippen LogP contribution is -2.49. The van der Waals surface area contributed by atoms with E-state index in [0.29, 0.717) is 42.9 Å². The van der Waals surface area contributed by atoms with Gasteiger partial charge in [-0.3, -0.25) is 4.79 Å². The molecule has 4 N–H and O–H groups in total. The Kier molecular flexibility index (Phi) is 8.64. The van der Waals surface area contributed by atoms with Crippen LogP contribution >= 0.6 is 0 Å². The fraction of sp³-hybridized carbons (Fsp3) is 0.467. The van der Waals surface area contributed by atoms with E-state index >= 15 is 0 Å². The van der Waals surface area contributed by atoms with Gasteiger partial charge < -0.3 is 30.9 Å². The van der Waals surface area contributed by atoms with Gasteiger partial charge in [-0.25, -0.2) is 9.78 Å². The van der Waals surface area contributed by atoms with E-state index in [1.165, 1.54) is 12.8 Å². The highest BCUT2D eigenvalue weighted by Crippen LogP contribution is 2.37. The summed E-state index contributed by atoms with van der Waals surface area (Å²) in [6, 6.07) is 11.2. The number of aliphatic imine (C=N–C) groups is 1. The molecule has 0 unspecified atom stereocenters. The molecular formula is C30H39N7O3. The van der Waals surface area contributed by atoms with Crippen LogP contribution in [0, 0.1) is 5.41 Å². The molecule has 1 spiro atoms. The number of aromatic nitrogens is 1. The Morgan fingerprint density at radius 2 is 1.93 bits per heavy atom.